The molecule has 2 aromatic rings. The summed E-state index contributed by atoms with van der Waals surface area (Å²) in [5, 5.41) is 0.544. The first-order valence-corrected chi connectivity index (χ1v) is 10.2. The van der Waals surface area contributed by atoms with Gasteiger partial charge in [0.2, 0.25) is 5.95 Å². The SMILES string of the molecule is COC(=O)[C@]12C[C@H]1[C@@](C)(c1cc(/C=C(\F)c3ccc(Cl)cn3)cnc1F)N=C(N)S2. The lowest BCUT2D eigenvalue weighted by Crippen LogP contribution is -2.40. The molecule has 2 N–H and O–H groups in total. The Kier molecular flexibility index (Phi) is 5.06. The molecule has 2 aliphatic rings. The average Bonchev–Trinajstić information content (AvgIpc) is 3.45. The van der Waals surface area contributed by atoms with Crippen LogP contribution in [-0.2, 0) is 15.1 Å². The number of hydrogen-bond donors (Lipinski definition) is 1. The molecule has 0 aromatic carbocycles. The maximum atomic E-state index is 14.7. The van der Waals surface area contributed by atoms with Crippen LogP contribution >= 0.6 is 23.4 Å². The van der Waals surface area contributed by atoms with Gasteiger partial charge in [0, 0.05) is 23.9 Å². The minimum absolute atomic E-state index is 0.0831. The summed E-state index contributed by atoms with van der Waals surface area (Å²) in [7, 11) is 1.30. The van der Waals surface area contributed by atoms with Gasteiger partial charge in [0.15, 0.2) is 5.17 Å². The zero-order chi connectivity index (χ0) is 21.7. The summed E-state index contributed by atoms with van der Waals surface area (Å²) in [5.74, 6) is -2.14. The molecule has 0 saturated heterocycles. The van der Waals surface area contributed by atoms with Gasteiger partial charge >= 0.3 is 5.97 Å². The third-order valence-corrected chi connectivity index (χ3v) is 6.93. The summed E-state index contributed by atoms with van der Waals surface area (Å²) in [6.45, 7) is 1.69. The number of esters is 1. The molecule has 156 valence electrons. The number of carbonyl (C=O) groups is 1. The molecular weight excluding hydrogens is 434 g/mol. The van der Waals surface area contributed by atoms with Crippen molar-refractivity contribution < 1.29 is 18.3 Å². The molecule has 0 amide bonds. The van der Waals surface area contributed by atoms with Gasteiger partial charge in [-0.25, -0.2) is 9.37 Å². The molecule has 3 atom stereocenters. The van der Waals surface area contributed by atoms with E-state index in [4.69, 9.17) is 22.1 Å². The minimum atomic E-state index is -1.14. The van der Waals surface area contributed by atoms with Gasteiger partial charge in [-0.1, -0.05) is 23.4 Å². The number of thioether (sulfide) groups is 1. The second kappa shape index (κ2) is 7.31. The Hall–Kier alpha value is -2.52. The lowest BCUT2D eigenvalue weighted by molar-refractivity contribution is -0.141. The average molecular weight is 451 g/mol. The first kappa shape index (κ1) is 20.7. The van der Waals surface area contributed by atoms with Crippen molar-refractivity contribution in [2.45, 2.75) is 23.6 Å². The molecule has 1 fully saturated rings. The fraction of sp³-hybridized carbons (Fsp3) is 0.300. The molecule has 0 spiro atoms. The topological polar surface area (TPSA) is 90.5 Å². The van der Waals surface area contributed by atoms with Crippen molar-refractivity contribution in [2.24, 2.45) is 16.6 Å². The van der Waals surface area contributed by atoms with E-state index in [2.05, 4.69) is 15.0 Å². The number of halogens is 3. The summed E-state index contributed by atoms with van der Waals surface area (Å²) in [6, 6.07) is 4.42. The normalized spacial score (nSPS) is 27.8. The molecule has 0 bridgehead atoms. The van der Waals surface area contributed by atoms with E-state index in [1.807, 2.05) is 0 Å². The van der Waals surface area contributed by atoms with Crippen LogP contribution in [0.3, 0.4) is 0 Å². The Morgan fingerprint density at radius 2 is 2.17 bits per heavy atom. The van der Waals surface area contributed by atoms with Crippen LogP contribution in [-0.4, -0.2) is 33.0 Å². The van der Waals surface area contributed by atoms with Crippen LogP contribution in [0, 0.1) is 11.9 Å². The maximum Gasteiger partial charge on any atom is 0.322 e. The zero-order valence-electron chi connectivity index (χ0n) is 16.0. The number of aliphatic imine (C=N–C) groups is 1. The molecule has 1 aliphatic carbocycles. The number of hydrogen-bond acceptors (Lipinski definition) is 7. The highest BCUT2D eigenvalue weighted by molar-refractivity contribution is 8.15. The summed E-state index contributed by atoms with van der Waals surface area (Å²) < 4.78 is 33.4. The minimum Gasteiger partial charge on any atom is -0.468 e. The monoisotopic (exact) mass is 450 g/mol. The number of methoxy groups -OCH3 is 1. The van der Waals surface area contributed by atoms with E-state index in [9.17, 15) is 13.6 Å². The molecule has 10 heteroatoms. The molecule has 6 nitrogen and oxygen atoms in total. The summed E-state index contributed by atoms with van der Waals surface area (Å²) in [4.78, 5) is 24.5. The van der Waals surface area contributed by atoms with E-state index < -0.39 is 28.0 Å². The first-order valence-electron chi connectivity index (χ1n) is 8.97. The molecule has 3 heterocycles. The molecule has 4 rings (SSSR count). The molecule has 2 aromatic heterocycles. The Balaban J connectivity index is 1.73. The first-order chi connectivity index (χ1) is 14.2. The predicted octanol–water partition coefficient (Wildman–Crippen LogP) is 3.95. The van der Waals surface area contributed by atoms with Crippen molar-refractivity contribution in [2.75, 3.05) is 7.11 Å². The molecular formula is C20H17ClF2N4O2S. The second-order valence-electron chi connectivity index (χ2n) is 7.30. The number of fused-ring (bicyclic) bond motifs is 1. The van der Waals surface area contributed by atoms with Crippen molar-refractivity contribution in [3.05, 3.63) is 58.4 Å². The van der Waals surface area contributed by atoms with Crippen molar-refractivity contribution in [3.63, 3.8) is 0 Å². The van der Waals surface area contributed by atoms with Gasteiger partial charge in [0.1, 0.15) is 10.6 Å². The molecule has 30 heavy (non-hydrogen) atoms. The van der Waals surface area contributed by atoms with E-state index in [0.29, 0.717) is 17.0 Å². The van der Waals surface area contributed by atoms with Crippen molar-refractivity contribution in [1.29, 1.82) is 0 Å². The van der Waals surface area contributed by atoms with Gasteiger partial charge in [0.05, 0.1) is 23.4 Å². The number of amidine groups is 1. The van der Waals surface area contributed by atoms with Crippen LogP contribution in [0.15, 0.2) is 35.6 Å². The lowest BCUT2D eigenvalue weighted by atomic mass is 9.86. The van der Waals surface area contributed by atoms with E-state index in [-0.39, 0.29) is 22.3 Å². The fourth-order valence-corrected chi connectivity index (χ4v) is 5.36. The quantitative estimate of drug-likeness (QED) is 0.560. The number of pyridine rings is 2. The largest absolute Gasteiger partial charge is 0.468 e. The van der Waals surface area contributed by atoms with Gasteiger partial charge in [0.25, 0.3) is 0 Å². The number of rotatable bonds is 4. The second-order valence-corrected chi connectivity index (χ2v) is 9.09. The van der Waals surface area contributed by atoms with Gasteiger partial charge in [-0.3, -0.25) is 14.8 Å². The molecule has 0 radical (unpaired) electrons. The standard InChI is InChI=1S/C20H17ClF2N4O2S/c1-19(15-7-20(15,17(28)29-2)30-18(24)27-19)12-5-10(8-26-16(12)23)6-13(22)14-4-3-11(21)9-25-14/h3-6,8-9,15H,7H2,1-2H3,(H2,24,27)/b13-6-/t15-,19+,20-/m0/s1. The lowest BCUT2D eigenvalue weighted by Gasteiger charge is -2.33. The van der Waals surface area contributed by atoms with Crippen LogP contribution in [0.4, 0.5) is 8.78 Å². The third-order valence-electron chi connectivity index (χ3n) is 5.42. The van der Waals surface area contributed by atoms with Gasteiger partial charge < -0.3 is 10.5 Å². The Bertz CT molecular complexity index is 1090. The Labute approximate surface area is 180 Å². The number of carbonyl (C=O) groups excluding carboxylic acids is 1. The van der Waals surface area contributed by atoms with Crippen LogP contribution < -0.4 is 5.73 Å². The number of aromatic nitrogens is 2. The van der Waals surface area contributed by atoms with Crippen molar-refractivity contribution in [3.8, 4) is 0 Å². The maximum absolute atomic E-state index is 14.7. The van der Waals surface area contributed by atoms with Crippen LogP contribution in [0.5, 0.6) is 0 Å². The van der Waals surface area contributed by atoms with Gasteiger partial charge in [-0.2, -0.15) is 4.39 Å². The van der Waals surface area contributed by atoms with E-state index in [0.717, 1.165) is 11.8 Å². The summed E-state index contributed by atoms with van der Waals surface area (Å²) in [5.41, 5.74) is 5.36. The van der Waals surface area contributed by atoms with Gasteiger partial charge in [-0.05, 0) is 43.2 Å². The highest BCUT2D eigenvalue weighted by atomic mass is 35.5. The predicted molar refractivity (Wildman–Crippen MR) is 112 cm³/mol. The third kappa shape index (κ3) is 3.35. The number of ether oxygens (including phenoxy) is 1. The zero-order valence-corrected chi connectivity index (χ0v) is 17.6. The molecule has 0 unspecified atom stereocenters. The highest BCUT2D eigenvalue weighted by Gasteiger charge is 2.71. The van der Waals surface area contributed by atoms with Crippen LogP contribution in [0.25, 0.3) is 11.9 Å². The molecule has 1 aliphatic heterocycles. The smallest absolute Gasteiger partial charge is 0.322 e. The van der Waals surface area contributed by atoms with E-state index in [1.165, 1.54) is 43.8 Å². The Morgan fingerprint density at radius 3 is 2.83 bits per heavy atom. The van der Waals surface area contributed by atoms with E-state index in [1.54, 1.807) is 6.92 Å². The molecule has 1 saturated carbocycles. The van der Waals surface area contributed by atoms with Crippen LogP contribution in [0.2, 0.25) is 5.02 Å². The fourth-order valence-electron chi connectivity index (χ4n) is 3.85. The van der Waals surface area contributed by atoms with Gasteiger partial charge in [-0.15, -0.1) is 0 Å². The highest BCUT2D eigenvalue weighted by Crippen LogP contribution is 2.66. The van der Waals surface area contributed by atoms with Crippen molar-refractivity contribution >= 4 is 46.4 Å². The number of nitrogens with zero attached hydrogens (tertiary/aromatic N) is 3. The van der Waals surface area contributed by atoms with Crippen molar-refractivity contribution in [1.82, 2.24) is 9.97 Å². The Morgan fingerprint density at radius 1 is 1.40 bits per heavy atom. The summed E-state index contributed by atoms with van der Waals surface area (Å²) >= 11 is 6.91. The van der Waals surface area contributed by atoms with Crippen LogP contribution in [0.1, 0.15) is 30.2 Å². The number of nitrogens with two attached hydrogens (primary N) is 1. The van der Waals surface area contributed by atoms with E-state index >= 15 is 0 Å². The summed E-state index contributed by atoms with van der Waals surface area (Å²) in [6.07, 6.45) is 4.17.